The van der Waals surface area contributed by atoms with E-state index in [1.165, 1.54) is 12.3 Å². The molecule has 0 atom stereocenters. The van der Waals surface area contributed by atoms with E-state index >= 15 is 0 Å². The zero-order valence-corrected chi connectivity index (χ0v) is 12.7. The first-order chi connectivity index (χ1) is 10.3. The number of pyridine rings is 1. The summed E-state index contributed by atoms with van der Waals surface area (Å²) >= 11 is 0. The van der Waals surface area contributed by atoms with Crippen molar-refractivity contribution in [2.24, 2.45) is 7.05 Å². The zero-order valence-electron chi connectivity index (χ0n) is 12.7. The van der Waals surface area contributed by atoms with E-state index in [0.29, 0.717) is 17.5 Å². The van der Waals surface area contributed by atoms with E-state index in [-0.39, 0.29) is 16.9 Å². The summed E-state index contributed by atoms with van der Waals surface area (Å²) in [5.41, 5.74) is 1.35. The minimum Gasteiger partial charge on any atom is -0.449 e. The van der Waals surface area contributed by atoms with Gasteiger partial charge in [-0.25, -0.2) is 4.79 Å². The molecule has 0 saturated carbocycles. The second-order valence-electron chi connectivity index (χ2n) is 5.16. The van der Waals surface area contributed by atoms with E-state index in [1.807, 2.05) is 13.8 Å². The van der Waals surface area contributed by atoms with Gasteiger partial charge >= 0.3 is 6.16 Å². The van der Waals surface area contributed by atoms with Gasteiger partial charge in [0, 0.05) is 19.0 Å². The summed E-state index contributed by atoms with van der Waals surface area (Å²) in [5, 5.41) is 8.96. The molecule has 6 heteroatoms. The summed E-state index contributed by atoms with van der Waals surface area (Å²) in [6.07, 6.45) is 0.895. The smallest absolute Gasteiger partial charge is 0.449 e. The van der Waals surface area contributed by atoms with Gasteiger partial charge in [-0.2, -0.15) is 0 Å². The van der Waals surface area contributed by atoms with E-state index in [1.54, 1.807) is 17.7 Å². The molecule has 2 aromatic rings. The highest BCUT2D eigenvalue weighted by Gasteiger charge is 2.16. The van der Waals surface area contributed by atoms with Crippen molar-refractivity contribution in [3.63, 3.8) is 0 Å². The molecule has 1 aromatic heterocycles. The van der Waals surface area contributed by atoms with E-state index < -0.39 is 11.6 Å². The van der Waals surface area contributed by atoms with Crippen molar-refractivity contribution < 1.29 is 19.4 Å². The Bertz CT molecular complexity index is 819. The van der Waals surface area contributed by atoms with E-state index in [9.17, 15) is 14.4 Å². The van der Waals surface area contributed by atoms with Gasteiger partial charge < -0.3 is 14.4 Å². The Labute approximate surface area is 126 Å². The van der Waals surface area contributed by atoms with Crippen LogP contribution in [-0.4, -0.2) is 21.6 Å². The fourth-order valence-corrected chi connectivity index (χ4v) is 2.43. The lowest BCUT2D eigenvalue weighted by atomic mass is 9.98. The second kappa shape index (κ2) is 6.01. The molecule has 0 saturated heterocycles. The fourth-order valence-electron chi connectivity index (χ4n) is 2.43. The van der Waals surface area contributed by atoms with Crippen LogP contribution in [0, 0.1) is 6.92 Å². The number of benzene rings is 1. The molecule has 0 radical (unpaired) electrons. The molecule has 116 valence electrons. The van der Waals surface area contributed by atoms with Gasteiger partial charge in [-0.3, -0.25) is 9.59 Å². The van der Waals surface area contributed by atoms with Crippen LogP contribution in [0.3, 0.4) is 0 Å². The molecule has 0 fully saturated rings. The number of Topliss-reactive ketones (excluding diaryl/α,β-unsaturated/α-hetero) is 1. The monoisotopic (exact) mass is 303 g/mol. The number of nitrogens with zero attached hydrogens (tertiary/aromatic N) is 1. The van der Waals surface area contributed by atoms with Crippen LogP contribution >= 0.6 is 0 Å². The molecular formula is C16H17NO5. The average molecular weight is 303 g/mol. The summed E-state index contributed by atoms with van der Waals surface area (Å²) in [7, 11) is 1.68. The summed E-state index contributed by atoms with van der Waals surface area (Å²) < 4.78 is 6.12. The minimum absolute atomic E-state index is 0.0338. The third-order valence-electron chi connectivity index (χ3n) is 3.48. The molecule has 0 spiro atoms. The summed E-state index contributed by atoms with van der Waals surface area (Å²) in [6.45, 7) is 3.72. The number of hydrogen-bond acceptors (Lipinski definition) is 4. The number of rotatable bonds is 4. The molecule has 22 heavy (non-hydrogen) atoms. The number of ketones is 1. The van der Waals surface area contributed by atoms with Crippen LogP contribution in [0.1, 0.15) is 35.7 Å². The Morgan fingerprint density at radius 1 is 1.32 bits per heavy atom. The lowest BCUT2D eigenvalue weighted by Crippen LogP contribution is -2.16. The quantitative estimate of drug-likeness (QED) is 0.693. The van der Waals surface area contributed by atoms with Crippen LogP contribution in [-0.2, 0) is 7.05 Å². The van der Waals surface area contributed by atoms with E-state index in [4.69, 9.17) is 5.11 Å². The maximum absolute atomic E-state index is 12.3. The highest BCUT2D eigenvalue weighted by molar-refractivity contribution is 6.01. The molecule has 1 N–H and O–H groups in total. The molecule has 0 aliphatic heterocycles. The first-order valence-corrected chi connectivity index (χ1v) is 6.93. The van der Waals surface area contributed by atoms with Crippen molar-refractivity contribution in [2.75, 3.05) is 0 Å². The maximum Gasteiger partial charge on any atom is 0.511 e. The predicted octanol–water partition coefficient (Wildman–Crippen LogP) is 2.89. The third kappa shape index (κ3) is 2.86. The van der Waals surface area contributed by atoms with Gasteiger partial charge in [0.1, 0.15) is 0 Å². The lowest BCUT2D eigenvalue weighted by Gasteiger charge is -2.11. The van der Waals surface area contributed by atoms with E-state index in [2.05, 4.69) is 4.74 Å². The Balaban J connectivity index is 2.73. The Morgan fingerprint density at radius 2 is 2.00 bits per heavy atom. The number of aryl methyl sites for hydroxylation is 2. The minimum atomic E-state index is -1.55. The van der Waals surface area contributed by atoms with Crippen LogP contribution in [0.4, 0.5) is 4.79 Å². The predicted molar refractivity (Wildman–Crippen MR) is 81.8 cm³/mol. The van der Waals surface area contributed by atoms with Gasteiger partial charge in [0.25, 0.3) is 0 Å². The number of hydrogen-bond donors (Lipinski definition) is 1. The van der Waals surface area contributed by atoms with Crippen LogP contribution in [0.15, 0.2) is 23.1 Å². The van der Waals surface area contributed by atoms with Gasteiger partial charge in [0.2, 0.25) is 5.43 Å². The molecule has 1 heterocycles. The number of aromatic nitrogens is 1. The van der Waals surface area contributed by atoms with Crippen molar-refractivity contribution in [3.8, 4) is 5.75 Å². The first-order valence-electron chi connectivity index (χ1n) is 6.93. The Morgan fingerprint density at radius 3 is 2.59 bits per heavy atom. The summed E-state index contributed by atoms with van der Waals surface area (Å²) in [6, 6.07) is 3.28. The summed E-state index contributed by atoms with van der Waals surface area (Å²) in [4.78, 5) is 35.1. The second-order valence-corrected chi connectivity index (χ2v) is 5.16. The fraction of sp³-hybridized carbons (Fsp3) is 0.312. The first kappa shape index (κ1) is 15.8. The van der Waals surface area contributed by atoms with Gasteiger partial charge in [-0.05, 0) is 31.0 Å². The molecule has 0 unspecified atom stereocenters. The van der Waals surface area contributed by atoms with Crippen molar-refractivity contribution >= 4 is 22.8 Å². The van der Waals surface area contributed by atoms with Gasteiger partial charge in [0.15, 0.2) is 11.5 Å². The molecule has 6 nitrogen and oxygen atoms in total. The molecule has 1 aromatic carbocycles. The molecule has 0 amide bonds. The highest BCUT2D eigenvalue weighted by Crippen LogP contribution is 2.21. The highest BCUT2D eigenvalue weighted by atomic mass is 16.7. The Kier molecular flexibility index (Phi) is 4.30. The third-order valence-corrected chi connectivity index (χ3v) is 3.48. The van der Waals surface area contributed by atoms with Crippen molar-refractivity contribution in [2.45, 2.75) is 26.7 Å². The number of fused-ring (bicyclic) bond motifs is 1. The number of ether oxygens (including phenoxy) is 1. The lowest BCUT2D eigenvalue weighted by molar-refractivity contribution is 0.0981. The van der Waals surface area contributed by atoms with Gasteiger partial charge in [-0.15, -0.1) is 0 Å². The summed E-state index contributed by atoms with van der Waals surface area (Å²) in [5.74, 6) is -0.311. The average Bonchev–Trinajstić information content (AvgIpc) is 2.43. The molecule has 0 aliphatic carbocycles. The zero-order chi connectivity index (χ0) is 16.4. The van der Waals surface area contributed by atoms with Crippen LogP contribution in [0.2, 0.25) is 0 Å². The van der Waals surface area contributed by atoms with Crippen LogP contribution in [0.5, 0.6) is 5.75 Å². The molecular weight excluding hydrogens is 286 g/mol. The topological polar surface area (TPSA) is 85.6 Å². The normalized spacial score (nSPS) is 10.7. The van der Waals surface area contributed by atoms with Gasteiger partial charge in [-0.1, -0.05) is 6.92 Å². The molecule has 2 rings (SSSR count). The number of carbonyl (C=O) groups is 2. The molecule has 0 bridgehead atoms. The van der Waals surface area contributed by atoms with Crippen molar-refractivity contribution in [3.05, 3.63) is 39.7 Å². The Hall–Kier alpha value is -2.63. The van der Waals surface area contributed by atoms with Gasteiger partial charge in [0.05, 0.1) is 17.1 Å². The maximum atomic E-state index is 12.3. The SMILES string of the molecule is CCCC(=O)c1cc2c(=O)c(OC(=O)O)cn(C)c2cc1C. The van der Waals surface area contributed by atoms with E-state index in [0.717, 1.165) is 12.0 Å². The van der Waals surface area contributed by atoms with Crippen LogP contribution < -0.4 is 10.2 Å². The van der Waals surface area contributed by atoms with Crippen molar-refractivity contribution in [1.82, 2.24) is 4.57 Å². The number of carbonyl (C=O) groups excluding carboxylic acids is 1. The number of carboxylic acid groups (broad SMARTS) is 1. The standard InChI is InChI=1S/C16H17NO5/c1-4-5-13(18)10-7-11-12(6-9(10)2)17(3)8-14(15(11)19)22-16(20)21/h6-8H,4-5H2,1-3H3,(H,20,21). The van der Waals surface area contributed by atoms with Crippen LogP contribution in [0.25, 0.3) is 10.9 Å². The largest absolute Gasteiger partial charge is 0.511 e. The van der Waals surface area contributed by atoms with Crippen molar-refractivity contribution in [1.29, 1.82) is 0 Å². The molecule has 0 aliphatic rings.